The molecule has 0 fully saturated rings. The Balaban J connectivity index is 2.41. The Morgan fingerprint density at radius 2 is 1.83 bits per heavy atom. The summed E-state index contributed by atoms with van der Waals surface area (Å²) < 4.78 is 4.52. The molecule has 0 amide bonds. The van der Waals surface area contributed by atoms with Gasteiger partial charge in [0, 0.05) is 29.3 Å². The van der Waals surface area contributed by atoms with Crippen molar-refractivity contribution in [3.63, 3.8) is 0 Å². The number of fused-ring (bicyclic) bond motifs is 1. The van der Waals surface area contributed by atoms with Gasteiger partial charge in [0.05, 0.1) is 5.52 Å². The van der Waals surface area contributed by atoms with E-state index in [1.54, 1.807) is 11.6 Å². The van der Waals surface area contributed by atoms with Crippen LogP contribution in [0.1, 0.15) is 0 Å². The van der Waals surface area contributed by atoms with Crippen LogP contribution in [-0.2, 0) is 7.05 Å². The van der Waals surface area contributed by atoms with E-state index >= 15 is 0 Å². The molecular weight excluding hydrogens is 292 g/mol. The van der Waals surface area contributed by atoms with Crippen molar-refractivity contribution in [1.29, 1.82) is 0 Å². The third-order valence-corrected chi connectivity index (χ3v) is 3.54. The number of rotatable bonds is 1. The molecule has 3 rings (SSSR count). The molecule has 2 heterocycles. The van der Waals surface area contributed by atoms with Crippen LogP contribution in [0.4, 0.5) is 0 Å². The molecule has 0 aliphatic heterocycles. The maximum absolute atomic E-state index is 12.3. The molecule has 0 N–H and O–H groups in total. The van der Waals surface area contributed by atoms with E-state index in [9.17, 15) is 4.79 Å². The Morgan fingerprint density at radius 3 is 2.56 bits per heavy atom. The molecule has 0 atom stereocenters. The Hall–Kier alpha value is -1.81. The van der Waals surface area contributed by atoms with Crippen LogP contribution >= 0.6 is 15.9 Å². The van der Waals surface area contributed by atoms with E-state index in [0.29, 0.717) is 5.69 Å². The number of benzene rings is 1. The largest absolute Gasteiger partial charge is 0.319 e. The van der Waals surface area contributed by atoms with Crippen molar-refractivity contribution in [3.8, 4) is 5.69 Å². The first kappa shape index (κ1) is 11.3. The minimum absolute atomic E-state index is 0.000947. The smallest absolute Gasteiger partial charge is 0.275 e. The molecule has 4 heteroatoms. The first-order valence-corrected chi connectivity index (χ1v) is 6.39. The van der Waals surface area contributed by atoms with Crippen LogP contribution in [0, 0.1) is 0 Å². The molecule has 1 aromatic carbocycles. The Bertz CT molecular complexity index is 772. The zero-order chi connectivity index (χ0) is 12.7. The minimum atomic E-state index is 0.000947. The van der Waals surface area contributed by atoms with Crippen molar-refractivity contribution in [2.45, 2.75) is 0 Å². The molecule has 0 radical (unpaired) electrons. The molecule has 3 aromatic rings. The standard InChI is InChI=1S/C14H11BrN2O/c1-16-12-5-4-11(15)8-10(12)9-13(14(16)18)17-6-2-3-7-17/h2-9H,1H3. The predicted octanol–water partition coefficient (Wildman–Crippen LogP) is 3.09. The maximum atomic E-state index is 12.3. The number of hydrogen-bond donors (Lipinski definition) is 0. The van der Waals surface area contributed by atoms with Crippen molar-refractivity contribution in [1.82, 2.24) is 9.13 Å². The van der Waals surface area contributed by atoms with Gasteiger partial charge >= 0.3 is 0 Å². The third kappa shape index (κ3) is 1.69. The van der Waals surface area contributed by atoms with Crippen molar-refractivity contribution in [3.05, 3.63) is 63.6 Å². The molecule has 0 bridgehead atoms. The molecule has 18 heavy (non-hydrogen) atoms. The lowest BCUT2D eigenvalue weighted by Crippen LogP contribution is -2.21. The van der Waals surface area contributed by atoms with Gasteiger partial charge in [0.2, 0.25) is 0 Å². The molecule has 0 spiro atoms. The topological polar surface area (TPSA) is 26.9 Å². The number of aromatic nitrogens is 2. The van der Waals surface area contributed by atoms with Crippen LogP contribution in [-0.4, -0.2) is 9.13 Å². The highest BCUT2D eigenvalue weighted by Gasteiger charge is 2.07. The molecule has 0 aliphatic rings. The molecular formula is C14H11BrN2O. The van der Waals surface area contributed by atoms with E-state index in [1.807, 2.05) is 53.4 Å². The summed E-state index contributed by atoms with van der Waals surface area (Å²) in [6.45, 7) is 0. The lowest BCUT2D eigenvalue weighted by Gasteiger charge is -2.09. The predicted molar refractivity (Wildman–Crippen MR) is 76.2 cm³/mol. The number of hydrogen-bond acceptors (Lipinski definition) is 1. The summed E-state index contributed by atoms with van der Waals surface area (Å²) in [7, 11) is 1.80. The van der Waals surface area contributed by atoms with E-state index in [1.165, 1.54) is 0 Å². The van der Waals surface area contributed by atoms with Gasteiger partial charge in [-0.15, -0.1) is 0 Å². The first-order valence-electron chi connectivity index (χ1n) is 5.59. The third-order valence-electron chi connectivity index (χ3n) is 3.05. The highest BCUT2D eigenvalue weighted by Crippen LogP contribution is 2.20. The van der Waals surface area contributed by atoms with Crippen molar-refractivity contribution in [2.75, 3.05) is 0 Å². The van der Waals surface area contributed by atoms with Crippen LogP contribution in [0.2, 0.25) is 0 Å². The monoisotopic (exact) mass is 302 g/mol. The maximum Gasteiger partial charge on any atom is 0.275 e. The quantitative estimate of drug-likeness (QED) is 0.678. The fourth-order valence-electron chi connectivity index (χ4n) is 2.12. The lowest BCUT2D eigenvalue weighted by atomic mass is 10.2. The summed E-state index contributed by atoms with van der Waals surface area (Å²) in [5.74, 6) is 0. The van der Waals surface area contributed by atoms with Gasteiger partial charge in [-0.2, -0.15) is 0 Å². The van der Waals surface area contributed by atoms with E-state index in [2.05, 4.69) is 15.9 Å². The van der Waals surface area contributed by atoms with Gasteiger partial charge in [0.25, 0.3) is 5.56 Å². The summed E-state index contributed by atoms with van der Waals surface area (Å²) in [5.41, 5.74) is 1.59. The van der Waals surface area contributed by atoms with Gasteiger partial charge in [-0.1, -0.05) is 15.9 Å². The number of pyridine rings is 1. The lowest BCUT2D eigenvalue weighted by molar-refractivity contribution is 0.879. The molecule has 2 aromatic heterocycles. The summed E-state index contributed by atoms with van der Waals surface area (Å²) in [5, 5.41) is 1.04. The van der Waals surface area contributed by atoms with Gasteiger partial charge in [-0.3, -0.25) is 4.79 Å². The van der Waals surface area contributed by atoms with Crippen LogP contribution in [0.5, 0.6) is 0 Å². The Morgan fingerprint density at radius 1 is 1.11 bits per heavy atom. The van der Waals surface area contributed by atoms with Crippen LogP contribution < -0.4 is 5.56 Å². The van der Waals surface area contributed by atoms with E-state index in [-0.39, 0.29) is 5.56 Å². The van der Waals surface area contributed by atoms with Gasteiger partial charge in [-0.25, -0.2) is 0 Å². The van der Waals surface area contributed by atoms with Crippen molar-refractivity contribution < 1.29 is 0 Å². The van der Waals surface area contributed by atoms with Crippen LogP contribution in [0.3, 0.4) is 0 Å². The summed E-state index contributed by atoms with van der Waals surface area (Å²) >= 11 is 3.45. The fraction of sp³-hybridized carbons (Fsp3) is 0.0714. The fourth-order valence-corrected chi connectivity index (χ4v) is 2.50. The van der Waals surface area contributed by atoms with Gasteiger partial charge in [-0.05, 0) is 36.4 Å². The second-order valence-electron chi connectivity index (χ2n) is 4.19. The second-order valence-corrected chi connectivity index (χ2v) is 5.10. The summed E-state index contributed by atoms with van der Waals surface area (Å²) in [4.78, 5) is 12.3. The average molecular weight is 303 g/mol. The van der Waals surface area contributed by atoms with Crippen molar-refractivity contribution >= 4 is 26.8 Å². The Kier molecular flexibility index (Phi) is 2.59. The minimum Gasteiger partial charge on any atom is -0.319 e. The summed E-state index contributed by atoms with van der Waals surface area (Å²) in [6.07, 6.45) is 3.75. The molecule has 0 saturated carbocycles. The molecule has 0 saturated heterocycles. The van der Waals surface area contributed by atoms with Gasteiger partial charge in [0.15, 0.2) is 0 Å². The van der Waals surface area contributed by atoms with E-state index < -0.39 is 0 Å². The van der Waals surface area contributed by atoms with Gasteiger partial charge in [0.1, 0.15) is 5.69 Å². The van der Waals surface area contributed by atoms with Crippen LogP contribution in [0.15, 0.2) is 58.1 Å². The highest BCUT2D eigenvalue weighted by molar-refractivity contribution is 9.10. The second kappa shape index (κ2) is 4.14. The highest BCUT2D eigenvalue weighted by atomic mass is 79.9. The number of nitrogens with zero attached hydrogens (tertiary/aromatic N) is 2. The van der Waals surface area contributed by atoms with E-state index in [4.69, 9.17) is 0 Å². The zero-order valence-corrected chi connectivity index (χ0v) is 11.4. The number of aryl methyl sites for hydroxylation is 1. The molecule has 0 unspecified atom stereocenters. The molecule has 3 nitrogen and oxygen atoms in total. The van der Waals surface area contributed by atoms with Gasteiger partial charge < -0.3 is 9.13 Å². The molecule has 0 aliphatic carbocycles. The normalized spacial score (nSPS) is 11.0. The number of halogens is 1. The van der Waals surface area contributed by atoms with E-state index in [0.717, 1.165) is 15.4 Å². The average Bonchev–Trinajstić information content (AvgIpc) is 2.87. The summed E-state index contributed by atoms with van der Waals surface area (Å²) in [6, 6.07) is 11.6. The van der Waals surface area contributed by atoms with Crippen LogP contribution in [0.25, 0.3) is 16.6 Å². The molecule has 90 valence electrons. The Labute approximate surface area is 112 Å². The first-order chi connectivity index (χ1) is 8.66. The SMILES string of the molecule is Cn1c(=O)c(-n2cccc2)cc2cc(Br)ccc21. The van der Waals surface area contributed by atoms with Crippen molar-refractivity contribution in [2.24, 2.45) is 7.05 Å². The zero-order valence-electron chi connectivity index (χ0n) is 9.80.